The highest BCUT2D eigenvalue weighted by molar-refractivity contribution is 5.68. The fraction of sp³-hybridized carbons (Fsp3) is 0.125. The Morgan fingerprint density at radius 1 is 0.938 bits per heavy atom. The van der Waals surface area contributed by atoms with E-state index in [0.717, 1.165) is 5.56 Å². The van der Waals surface area contributed by atoms with Gasteiger partial charge in [-0.3, -0.25) is 0 Å². The van der Waals surface area contributed by atoms with Crippen LogP contribution in [-0.4, -0.2) is 0 Å². The van der Waals surface area contributed by atoms with Gasteiger partial charge in [-0.05, 0) is 42.7 Å². The van der Waals surface area contributed by atoms with Gasteiger partial charge in [0.25, 0.3) is 0 Å². The van der Waals surface area contributed by atoms with Crippen molar-refractivity contribution >= 4 is 0 Å². The highest BCUT2D eigenvalue weighted by atomic mass is 14.1. The molecule has 0 aliphatic carbocycles. The monoisotopic (exact) mass is 206 g/mol. The summed E-state index contributed by atoms with van der Waals surface area (Å²) in [7, 11) is 0. The van der Waals surface area contributed by atoms with Crippen molar-refractivity contribution in [2.45, 2.75) is 13.8 Å². The lowest BCUT2D eigenvalue weighted by Crippen LogP contribution is -1.85. The van der Waals surface area contributed by atoms with E-state index in [4.69, 9.17) is 6.42 Å². The van der Waals surface area contributed by atoms with E-state index < -0.39 is 0 Å². The number of aryl methyl sites for hydroxylation is 2. The zero-order valence-electron chi connectivity index (χ0n) is 9.62. The Morgan fingerprint density at radius 3 is 2.19 bits per heavy atom. The second-order valence-corrected chi connectivity index (χ2v) is 4.04. The van der Waals surface area contributed by atoms with Crippen molar-refractivity contribution < 1.29 is 0 Å². The van der Waals surface area contributed by atoms with Crippen molar-refractivity contribution in [2.24, 2.45) is 0 Å². The van der Waals surface area contributed by atoms with Gasteiger partial charge in [-0.25, -0.2) is 0 Å². The average molecular weight is 206 g/mol. The third kappa shape index (κ3) is 1.99. The van der Waals surface area contributed by atoms with Gasteiger partial charge in [-0.1, -0.05) is 41.8 Å². The topological polar surface area (TPSA) is 0 Å². The van der Waals surface area contributed by atoms with Crippen molar-refractivity contribution in [1.29, 1.82) is 0 Å². The number of hydrogen-bond donors (Lipinski definition) is 0. The predicted octanol–water partition coefficient (Wildman–Crippen LogP) is 3.95. The summed E-state index contributed by atoms with van der Waals surface area (Å²) in [4.78, 5) is 0. The van der Waals surface area contributed by atoms with Crippen LogP contribution in [0.25, 0.3) is 11.1 Å². The molecule has 2 aromatic rings. The van der Waals surface area contributed by atoms with Gasteiger partial charge in [0, 0.05) is 5.56 Å². The van der Waals surface area contributed by atoms with E-state index in [1.807, 2.05) is 12.1 Å². The van der Waals surface area contributed by atoms with E-state index in [0.29, 0.717) is 0 Å². The van der Waals surface area contributed by atoms with Crippen LogP contribution in [0.1, 0.15) is 16.7 Å². The van der Waals surface area contributed by atoms with Gasteiger partial charge in [0.1, 0.15) is 0 Å². The van der Waals surface area contributed by atoms with Gasteiger partial charge >= 0.3 is 0 Å². The molecule has 0 heterocycles. The SMILES string of the molecule is C#Cc1ccc(-c2ccc(C)cc2C)cc1. The molecule has 0 fully saturated rings. The minimum Gasteiger partial charge on any atom is -0.115 e. The first-order valence-electron chi connectivity index (χ1n) is 5.35. The minimum absolute atomic E-state index is 0.925. The molecule has 0 amide bonds. The largest absolute Gasteiger partial charge is 0.115 e. The zero-order chi connectivity index (χ0) is 11.5. The van der Waals surface area contributed by atoms with Crippen LogP contribution in [0.15, 0.2) is 42.5 Å². The fourth-order valence-corrected chi connectivity index (χ4v) is 1.88. The lowest BCUT2D eigenvalue weighted by atomic mass is 9.98. The third-order valence-electron chi connectivity index (χ3n) is 2.74. The molecule has 16 heavy (non-hydrogen) atoms. The molecule has 0 unspecified atom stereocenters. The molecule has 78 valence electrons. The molecule has 0 saturated carbocycles. The fourth-order valence-electron chi connectivity index (χ4n) is 1.88. The van der Waals surface area contributed by atoms with E-state index in [1.54, 1.807) is 0 Å². The first-order chi connectivity index (χ1) is 7.70. The Hall–Kier alpha value is -2.00. The van der Waals surface area contributed by atoms with Crippen molar-refractivity contribution in [2.75, 3.05) is 0 Å². The summed E-state index contributed by atoms with van der Waals surface area (Å²) in [6.45, 7) is 4.25. The first kappa shape index (κ1) is 10.5. The molecule has 0 spiro atoms. The van der Waals surface area contributed by atoms with Crippen LogP contribution in [-0.2, 0) is 0 Å². The molecule has 0 saturated heterocycles. The van der Waals surface area contributed by atoms with Gasteiger partial charge < -0.3 is 0 Å². The molecule has 0 bridgehead atoms. The molecule has 0 N–H and O–H groups in total. The number of rotatable bonds is 1. The lowest BCUT2D eigenvalue weighted by molar-refractivity contribution is 1.38. The Morgan fingerprint density at radius 2 is 1.62 bits per heavy atom. The highest BCUT2D eigenvalue weighted by Gasteiger charge is 2.01. The summed E-state index contributed by atoms with van der Waals surface area (Å²) >= 11 is 0. The van der Waals surface area contributed by atoms with Crippen molar-refractivity contribution in [3.8, 4) is 23.5 Å². The number of terminal acetylenes is 1. The highest BCUT2D eigenvalue weighted by Crippen LogP contribution is 2.24. The summed E-state index contributed by atoms with van der Waals surface area (Å²) in [6.07, 6.45) is 5.34. The Labute approximate surface area is 96.9 Å². The van der Waals surface area contributed by atoms with E-state index >= 15 is 0 Å². The second-order valence-electron chi connectivity index (χ2n) is 4.04. The van der Waals surface area contributed by atoms with E-state index in [1.165, 1.54) is 22.3 Å². The van der Waals surface area contributed by atoms with E-state index in [2.05, 4.69) is 50.1 Å². The third-order valence-corrected chi connectivity index (χ3v) is 2.74. The quantitative estimate of drug-likeness (QED) is 0.620. The van der Waals surface area contributed by atoms with Gasteiger partial charge in [-0.2, -0.15) is 0 Å². The molecule has 0 aliphatic rings. The van der Waals surface area contributed by atoms with Crippen LogP contribution in [0.2, 0.25) is 0 Å². The van der Waals surface area contributed by atoms with Crippen LogP contribution < -0.4 is 0 Å². The van der Waals surface area contributed by atoms with Crippen LogP contribution >= 0.6 is 0 Å². The maximum atomic E-state index is 5.34. The van der Waals surface area contributed by atoms with Crippen molar-refractivity contribution in [3.63, 3.8) is 0 Å². The van der Waals surface area contributed by atoms with Crippen molar-refractivity contribution in [1.82, 2.24) is 0 Å². The Balaban J connectivity index is 2.47. The lowest BCUT2D eigenvalue weighted by Gasteiger charge is -2.07. The Kier molecular flexibility index (Phi) is 2.79. The van der Waals surface area contributed by atoms with Gasteiger partial charge in [0.2, 0.25) is 0 Å². The molecular formula is C16H14. The first-order valence-corrected chi connectivity index (χ1v) is 5.35. The van der Waals surface area contributed by atoms with Gasteiger partial charge in [0.15, 0.2) is 0 Å². The second kappa shape index (κ2) is 4.24. The molecule has 0 atom stereocenters. The molecule has 0 aliphatic heterocycles. The molecular weight excluding hydrogens is 192 g/mol. The van der Waals surface area contributed by atoms with Crippen LogP contribution in [0.4, 0.5) is 0 Å². The molecule has 0 nitrogen and oxygen atoms in total. The van der Waals surface area contributed by atoms with Crippen LogP contribution in [0.5, 0.6) is 0 Å². The van der Waals surface area contributed by atoms with Gasteiger partial charge in [-0.15, -0.1) is 6.42 Å². The summed E-state index contributed by atoms with van der Waals surface area (Å²) in [5.74, 6) is 2.63. The van der Waals surface area contributed by atoms with Crippen LogP contribution in [0.3, 0.4) is 0 Å². The average Bonchev–Trinajstić information content (AvgIpc) is 2.29. The summed E-state index contributed by atoms with van der Waals surface area (Å²) < 4.78 is 0. The molecule has 0 radical (unpaired) electrons. The molecule has 0 aromatic heterocycles. The molecule has 2 aromatic carbocycles. The summed E-state index contributed by atoms with van der Waals surface area (Å²) in [5, 5.41) is 0. The van der Waals surface area contributed by atoms with Gasteiger partial charge in [0.05, 0.1) is 0 Å². The van der Waals surface area contributed by atoms with E-state index in [9.17, 15) is 0 Å². The van der Waals surface area contributed by atoms with E-state index in [-0.39, 0.29) is 0 Å². The smallest absolute Gasteiger partial charge is 0.0243 e. The number of benzene rings is 2. The predicted molar refractivity (Wildman–Crippen MR) is 69.3 cm³/mol. The standard InChI is InChI=1S/C16H14/c1-4-14-6-8-15(9-7-14)16-10-5-12(2)11-13(16)3/h1,5-11H,2-3H3. The zero-order valence-corrected chi connectivity index (χ0v) is 9.62. The summed E-state index contributed by atoms with van der Waals surface area (Å²) in [6, 6.07) is 14.6. The maximum Gasteiger partial charge on any atom is 0.0243 e. The molecule has 0 heteroatoms. The van der Waals surface area contributed by atoms with Crippen LogP contribution in [0, 0.1) is 26.2 Å². The maximum absolute atomic E-state index is 5.34. The number of hydrogen-bond acceptors (Lipinski definition) is 0. The summed E-state index contributed by atoms with van der Waals surface area (Å²) in [5.41, 5.74) is 6.01. The normalized spacial score (nSPS) is 9.81. The minimum atomic E-state index is 0.925. The molecule has 2 rings (SSSR count). The van der Waals surface area contributed by atoms with Crippen molar-refractivity contribution in [3.05, 3.63) is 59.2 Å². The Bertz CT molecular complexity index is 539.